The fraction of sp³-hybridized carbons (Fsp3) is 0.294. The molecule has 0 radical (unpaired) electrons. The van der Waals surface area contributed by atoms with Crippen molar-refractivity contribution in [2.45, 2.75) is 19.9 Å². The lowest BCUT2D eigenvalue weighted by molar-refractivity contribution is 0.283. The van der Waals surface area contributed by atoms with E-state index in [-0.39, 0.29) is 0 Å². The Balaban J connectivity index is 1.87. The molecule has 19 heavy (non-hydrogen) atoms. The first-order valence-corrected chi connectivity index (χ1v) is 6.88. The summed E-state index contributed by atoms with van der Waals surface area (Å²) in [6.07, 6.45) is 1.07. The molecular weight excluding hydrogens is 232 g/mol. The third kappa shape index (κ3) is 4.42. The number of benzene rings is 2. The van der Waals surface area contributed by atoms with Gasteiger partial charge in [-0.1, -0.05) is 49.4 Å². The van der Waals surface area contributed by atoms with E-state index in [2.05, 4.69) is 54.3 Å². The molecule has 0 amide bonds. The van der Waals surface area contributed by atoms with Crippen molar-refractivity contribution in [2.75, 3.05) is 18.8 Å². The average Bonchev–Trinajstić information content (AvgIpc) is 2.46. The molecule has 0 aliphatic carbocycles. The number of hydrogen-bond acceptors (Lipinski definition) is 2. The minimum absolute atomic E-state index is 0.834. The highest BCUT2D eigenvalue weighted by molar-refractivity contribution is 5.39. The van der Waals surface area contributed by atoms with Gasteiger partial charge >= 0.3 is 0 Å². The topological polar surface area (TPSA) is 29.3 Å². The van der Waals surface area contributed by atoms with Crippen LogP contribution in [0, 0.1) is 0 Å². The molecule has 2 N–H and O–H groups in total. The van der Waals surface area contributed by atoms with Crippen LogP contribution in [0.1, 0.15) is 18.1 Å². The molecule has 0 aliphatic rings. The number of nitrogens with zero attached hydrogens (tertiary/aromatic N) is 1. The molecule has 0 saturated carbocycles. The van der Waals surface area contributed by atoms with Crippen molar-refractivity contribution < 1.29 is 0 Å². The average molecular weight is 254 g/mol. The molecule has 0 bridgehead atoms. The van der Waals surface area contributed by atoms with Crippen molar-refractivity contribution in [3.8, 4) is 0 Å². The van der Waals surface area contributed by atoms with E-state index < -0.39 is 0 Å². The fourth-order valence-corrected chi connectivity index (χ4v) is 2.16. The maximum Gasteiger partial charge on any atom is 0.0314 e. The molecule has 0 atom stereocenters. The summed E-state index contributed by atoms with van der Waals surface area (Å²) in [5.41, 5.74) is 9.26. The highest BCUT2D eigenvalue weighted by Crippen LogP contribution is 2.09. The van der Waals surface area contributed by atoms with Gasteiger partial charge < -0.3 is 5.73 Å². The van der Waals surface area contributed by atoms with Crippen LogP contribution in [0.4, 0.5) is 5.69 Å². The maximum absolute atomic E-state index is 5.70. The van der Waals surface area contributed by atoms with Gasteiger partial charge in [0.1, 0.15) is 0 Å². The van der Waals surface area contributed by atoms with Crippen LogP contribution < -0.4 is 5.73 Å². The molecule has 0 heterocycles. The highest BCUT2D eigenvalue weighted by atomic mass is 15.1. The van der Waals surface area contributed by atoms with E-state index >= 15 is 0 Å². The van der Waals surface area contributed by atoms with Crippen LogP contribution >= 0.6 is 0 Å². The monoisotopic (exact) mass is 254 g/mol. The Labute approximate surface area is 115 Å². The van der Waals surface area contributed by atoms with Crippen LogP contribution in [0.2, 0.25) is 0 Å². The Morgan fingerprint density at radius 3 is 2.21 bits per heavy atom. The van der Waals surface area contributed by atoms with Crippen molar-refractivity contribution in [1.82, 2.24) is 4.90 Å². The summed E-state index contributed by atoms with van der Waals surface area (Å²) >= 11 is 0. The Bertz CT molecular complexity index is 476. The van der Waals surface area contributed by atoms with E-state index in [9.17, 15) is 0 Å². The molecule has 2 aromatic carbocycles. The summed E-state index contributed by atoms with van der Waals surface area (Å²) in [6.45, 7) is 5.39. The van der Waals surface area contributed by atoms with Gasteiger partial charge in [0.15, 0.2) is 0 Å². The first kappa shape index (κ1) is 13.6. The lowest BCUT2D eigenvalue weighted by atomic mass is 10.1. The summed E-state index contributed by atoms with van der Waals surface area (Å²) in [6, 6.07) is 18.8. The zero-order valence-electron chi connectivity index (χ0n) is 11.5. The van der Waals surface area contributed by atoms with Crippen molar-refractivity contribution >= 4 is 5.69 Å². The molecule has 2 heteroatoms. The van der Waals surface area contributed by atoms with Gasteiger partial charge in [-0.15, -0.1) is 0 Å². The summed E-state index contributed by atoms with van der Waals surface area (Å²) < 4.78 is 0. The molecule has 2 rings (SSSR count). The SMILES string of the molecule is CCN(CCc1ccc(N)cc1)Cc1ccccc1. The number of anilines is 1. The second-order valence-electron chi connectivity index (χ2n) is 4.85. The second kappa shape index (κ2) is 6.95. The van der Waals surface area contributed by atoms with Crippen LogP contribution in [0.3, 0.4) is 0 Å². The predicted octanol–water partition coefficient (Wildman–Crippen LogP) is 3.33. The van der Waals surface area contributed by atoms with Gasteiger partial charge in [-0.25, -0.2) is 0 Å². The van der Waals surface area contributed by atoms with Gasteiger partial charge in [0.05, 0.1) is 0 Å². The lowest BCUT2D eigenvalue weighted by Gasteiger charge is -2.20. The molecule has 0 saturated heterocycles. The molecule has 0 unspecified atom stereocenters. The number of rotatable bonds is 6. The van der Waals surface area contributed by atoms with Gasteiger partial charge in [0, 0.05) is 18.8 Å². The molecule has 0 fully saturated rings. The molecule has 2 aromatic rings. The number of nitrogens with two attached hydrogens (primary N) is 1. The van der Waals surface area contributed by atoms with Gasteiger partial charge in [-0.3, -0.25) is 4.90 Å². The normalized spacial score (nSPS) is 10.8. The van der Waals surface area contributed by atoms with Crippen LogP contribution in [-0.2, 0) is 13.0 Å². The van der Waals surface area contributed by atoms with Crippen molar-refractivity contribution in [3.05, 3.63) is 65.7 Å². The largest absolute Gasteiger partial charge is 0.399 e. The first-order chi connectivity index (χ1) is 9.28. The first-order valence-electron chi connectivity index (χ1n) is 6.88. The Kier molecular flexibility index (Phi) is 4.99. The molecular formula is C17H22N2. The van der Waals surface area contributed by atoms with Crippen LogP contribution in [0.15, 0.2) is 54.6 Å². The minimum Gasteiger partial charge on any atom is -0.399 e. The van der Waals surface area contributed by atoms with Crippen molar-refractivity contribution in [2.24, 2.45) is 0 Å². The van der Waals surface area contributed by atoms with E-state index in [4.69, 9.17) is 5.73 Å². The van der Waals surface area contributed by atoms with E-state index in [0.29, 0.717) is 0 Å². The summed E-state index contributed by atoms with van der Waals surface area (Å²) in [4.78, 5) is 2.46. The fourth-order valence-electron chi connectivity index (χ4n) is 2.16. The predicted molar refractivity (Wildman–Crippen MR) is 82.0 cm³/mol. The minimum atomic E-state index is 0.834. The lowest BCUT2D eigenvalue weighted by Crippen LogP contribution is -2.25. The number of hydrogen-bond donors (Lipinski definition) is 1. The quantitative estimate of drug-likeness (QED) is 0.801. The van der Waals surface area contributed by atoms with Crippen LogP contribution in [-0.4, -0.2) is 18.0 Å². The van der Waals surface area contributed by atoms with Gasteiger partial charge in [0.2, 0.25) is 0 Å². The zero-order chi connectivity index (χ0) is 13.5. The zero-order valence-corrected chi connectivity index (χ0v) is 11.5. The van der Waals surface area contributed by atoms with Crippen LogP contribution in [0.25, 0.3) is 0 Å². The standard InChI is InChI=1S/C17H22N2/c1-2-19(14-16-6-4-3-5-7-16)13-12-15-8-10-17(18)11-9-15/h3-11H,2,12-14,18H2,1H3. The van der Waals surface area contributed by atoms with E-state index in [1.54, 1.807) is 0 Å². The molecule has 2 nitrogen and oxygen atoms in total. The third-order valence-corrected chi connectivity index (χ3v) is 3.39. The Morgan fingerprint density at radius 1 is 0.895 bits per heavy atom. The number of nitrogen functional groups attached to an aromatic ring is 1. The van der Waals surface area contributed by atoms with E-state index in [0.717, 1.165) is 31.7 Å². The summed E-state index contributed by atoms with van der Waals surface area (Å²) in [5.74, 6) is 0. The van der Waals surface area contributed by atoms with E-state index in [1.165, 1.54) is 11.1 Å². The highest BCUT2D eigenvalue weighted by Gasteiger charge is 2.03. The molecule has 0 spiro atoms. The molecule has 0 aliphatic heterocycles. The van der Waals surface area contributed by atoms with E-state index in [1.807, 2.05) is 12.1 Å². The maximum atomic E-state index is 5.70. The Morgan fingerprint density at radius 2 is 1.58 bits per heavy atom. The third-order valence-electron chi connectivity index (χ3n) is 3.39. The van der Waals surface area contributed by atoms with Gasteiger partial charge in [-0.05, 0) is 36.2 Å². The smallest absolute Gasteiger partial charge is 0.0314 e. The van der Waals surface area contributed by atoms with Crippen LogP contribution in [0.5, 0.6) is 0 Å². The van der Waals surface area contributed by atoms with Crippen molar-refractivity contribution in [1.29, 1.82) is 0 Å². The Hall–Kier alpha value is -1.80. The van der Waals surface area contributed by atoms with Crippen molar-refractivity contribution in [3.63, 3.8) is 0 Å². The number of likely N-dealkylation sites (N-methyl/N-ethyl adjacent to an activating group) is 1. The molecule has 0 aromatic heterocycles. The summed E-state index contributed by atoms with van der Waals surface area (Å²) in [7, 11) is 0. The summed E-state index contributed by atoms with van der Waals surface area (Å²) in [5, 5.41) is 0. The second-order valence-corrected chi connectivity index (χ2v) is 4.85. The van der Waals surface area contributed by atoms with Gasteiger partial charge in [-0.2, -0.15) is 0 Å². The van der Waals surface area contributed by atoms with Gasteiger partial charge in [0.25, 0.3) is 0 Å². The molecule has 100 valence electrons.